The van der Waals surface area contributed by atoms with Gasteiger partial charge >= 0.3 is 5.97 Å². The van der Waals surface area contributed by atoms with Crippen molar-refractivity contribution in [3.8, 4) is 0 Å². The van der Waals surface area contributed by atoms with Gasteiger partial charge in [0, 0.05) is 11.1 Å². The van der Waals surface area contributed by atoms with E-state index >= 15 is 0 Å². The number of rotatable bonds is 3. The first-order chi connectivity index (χ1) is 6.54. The number of benzene rings is 1. The van der Waals surface area contributed by atoms with Crippen molar-refractivity contribution in [3.63, 3.8) is 0 Å². The summed E-state index contributed by atoms with van der Waals surface area (Å²) in [4.78, 5) is 21.6. The lowest BCUT2D eigenvalue weighted by Crippen LogP contribution is -2.13. The SMILES string of the molecule is CC(=O)c1ccccc1[C@@H](O)C(=O)O. The number of aliphatic hydroxyl groups excluding tert-OH is 1. The van der Waals surface area contributed by atoms with Crippen LogP contribution >= 0.6 is 0 Å². The average Bonchev–Trinajstić information content (AvgIpc) is 2.16. The third kappa shape index (κ3) is 1.97. The molecule has 0 bridgehead atoms. The normalized spacial score (nSPS) is 12.1. The van der Waals surface area contributed by atoms with E-state index in [0.29, 0.717) is 0 Å². The number of hydrogen-bond donors (Lipinski definition) is 2. The zero-order valence-electron chi connectivity index (χ0n) is 7.60. The van der Waals surface area contributed by atoms with Gasteiger partial charge in [0.05, 0.1) is 0 Å². The highest BCUT2D eigenvalue weighted by atomic mass is 16.4. The molecule has 74 valence electrons. The Morgan fingerprint density at radius 1 is 1.29 bits per heavy atom. The quantitative estimate of drug-likeness (QED) is 0.704. The van der Waals surface area contributed by atoms with Gasteiger partial charge in [-0.3, -0.25) is 4.79 Å². The summed E-state index contributed by atoms with van der Waals surface area (Å²) in [6, 6.07) is 6.11. The van der Waals surface area contributed by atoms with E-state index in [1.54, 1.807) is 12.1 Å². The summed E-state index contributed by atoms with van der Waals surface area (Å²) >= 11 is 0. The van der Waals surface area contributed by atoms with Gasteiger partial charge in [0.15, 0.2) is 11.9 Å². The third-order valence-electron chi connectivity index (χ3n) is 1.87. The van der Waals surface area contributed by atoms with Crippen LogP contribution in [0.2, 0.25) is 0 Å². The number of aliphatic hydroxyl groups is 1. The Morgan fingerprint density at radius 3 is 2.36 bits per heavy atom. The van der Waals surface area contributed by atoms with Crippen molar-refractivity contribution in [1.29, 1.82) is 0 Å². The molecule has 14 heavy (non-hydrogen) atoms. The van der Waals surface area contributed by atoms with Crippen molar-refractivity contribution in [1.82, 2.24) is 0 Å². The molecule has 1 aromatic carbocycles. The lowest BCUT2D eigenvalue weighted by atomic mass is 10.00. The van der Waals surface area contributed by atoms with Crippen molar-refractivity contribution < 1.29 is 19.8 Å². The third-order valence-corrected chi connectivity index (χ3v) is 1.87. The van der Waals surface area contributed by atoms with E-state index in [1.165, 1.54) is 19.1 Å². The van der Waals surface area contributed by atoms with Crippen LogP contribution in [-0.4, -0.2) is 22.0 Å². The van der Waals surface area contributed by atoms with Gasteiger partial charge in [-0.1, -0.05) is 24.3 Å². The lowest BCUT2D eigenvalue weighted by Gasteiger charge is -2.09. The van der Waals surface area contributed by atoms with Gasteiger partial charge in [0.25, 0.3) is 0 Å². The Labute approximate surface area is 80.8 Å². The number of carboxylic acids is 1. The van der Waals surface area contributed by atoms with E-state index in [-0.39, 0.29) is 16.9 Å². The molecule has 0 heterocycles. The Hall–Kier alpha value is -1.68. The van der Waals surface area contributed by atoms with Crippen LogP contribution < -0.4 is 0 Å². The van der Waals surface area contributed by atoms with Crippen LogP contribution in [0.3, 0.4) is 0 Å². The summed E-state index contributed by atoms with van der Waals surface area (Å²) in [5.74, 6) is -1.63. The first kappa shape index (κ1) is 10.4. The number of ketones is 1. The molecule has 0 radical (unpaired) electrons. The first-order valence-corrected chi connectivity index (χ1v) is 4.04. The molecule has 1 rings (SSSR count). The smallest absolute Gasteiger partial charge is 0.337 e. The van der Waals surface area contributed by atoms with Gasteiger partial charge < -0.3 is 10.2 Å². The van der Waals surface area contributed by atoms with Crippen molar-refractivity contribution in [3.05, 3.63) is 35.4 Å². The number of carbonyl (C=O) groups is 2. The van der Waals surface area contributed by atoms with Crippen molar-refractivity contribution in [2.45, 2.75) is 13.0 Å². The molecule has 4 heteroatoms. The molecule has 1 atom stereocenters. The van der Waals surface area contributed by atoms with Gasteiger partial charge in [-0.2, -0.15) is 0 Å². The van der Waals surface area contributed by atoms with Crippen molar-refractivity contribution in [2.24, 2.45) is 0 Å². The van der Waals surface area contributed by atoms with E-state index in [1.807, 2.05) is 0 Å². The minimum Gasteiger partial charge on any atom is -0.479 e. The number of hydrogen-bond acceptors (Lipinski definition) is 3. The van der Waals surface area contributed by atoms with Crippen LogP contribution in [-0.2, 0) is 4.79 Å². The topological polar surface area (TPSA) is 74.6 Å². The molecule has 0 unspecified atom stereocenters. The second-order valence-electron chi connectivity index (χ2n) is 2.88. The summed E-state index contributed by atoms with van der Waals surface area (Å²) in [5, 5.41) is 17.9. The largest absolute Gasteiger partial charge is 0.479 e. The fourth-order valence-corrected chi connectivity index (χ4v) is 1.19. The molecule has 0 aromatic heterocycles. The van der Waals surface area contributed by atoms with Crippen LogP contribution in [0.15, 0.2) is 24.3 Å². The Morgan fingerprint density at radius 2 is 1.86 bits per heavy atom. The van der Waals surface area contributed by atoms with E-state index in [2.05, 4.69) is 0 Å². The van der Waals surface area contributed by atoms with E-state index in [4.69, 9.17) is 5.11 Å². The maximum atomic E-state index is 11.1. The van der Waals surface area contributed by atoms with Crippen LogP contribution in [0, 0.1) is 0 Å². The number of aliphatic carboxylic acids is 1. The summed E-state index contributed by atoms with van der Waals surface area (Å²) in [6.45, 7) is 1.33. The molecular weight excluding hydrogens is 184 g/mol. The van der Waals surface area contributed by atoms with Gasteiger partial charge in [0.2, 0.25) is 0 Å². The van der Waals surface area contributed by atoms with E-state index in [0.717, 1.165) is 0 Å². The summed E-state index contributed by atoms with van der Waals surface area (Å²) in [6.07, 6.45) is -1.64. The molecule has 0 fully saturated rings. The summed E-state index contributed by atoms with van der Waals surface area (Å²) < 4.78 is 0. The standard InChI is InChI=1S/C10H10O4/c1-6(11)7-4-2-3-5-8(7)9(12)10(13)14/h2-5,9,12H,1H3,(H,13,14)/t9-/m1/s1. The molecule has 0 aliphatic carbocycles. The molecule has 1 aromatic rings. The Bertz CT molecular complexity index is 370. The molecule has 0 amide bonds. The highest BCUT2D eigenvalue weighted by molar-refractivity contribution is 5.96. The van der Waals surface area contributed by atoms with Gasteiger partial charge in [-0.05, 0) is 6.92 Å². The fraction of sp³-hybridized carbons (Fsp3) is 0.200. The highest BCUT2D eigenvalue weighted by Gasteiger charge is 2.20. The molecule has 4 nitrogen and oxygen atoms in total. The van der Waals surface area contributed by atoms with E-state index < -0.39 is 12.1 Å². The second-order valence-corrected chi connectivity index (χ2v) is 2.88. The molecule has 0 spiro atoms. The molecule has 0 saturated heterocycles. The predicted octanol–water partition coefficient (Wildman–Crippen LogP) is 1.01. The fourth-order valence-electron chi connectivity index (χ4n) is 1.19. The summed E-state index contributed by atoms with van der Waals surface area (Å²) in [5.41, 5.74) is 0.370. The number of Topliss-reactive ketones (excluding diaryl/α,β-unsaturated/α-hetero) is 1. The zero-order valence-corrected chi connectivity index (χ0v) is 7.60. The van der Waals surface area contributed by atoms with Crippen LogP contribution in [0.4, 0.5) is 0 Å². The lowest BCUT2D eigenvalue weighted by molar-refractivity contribution is -0.146. The van der Waals surface area contributed by atoms with Crippen molar-refractivity contribution >= 4 is 11.8 Å². The van der Waals surface area contributed by atoms with E-state index in [9.17, 15) is 14.7 Å². The molecule has 0 aliphatic rings. The number of carbonyl (C=O) groups excluding carboxylic acids is 1. The molecule has 2 N–H and O–H groups in total. The Balaban J connectivity index is 3.19. The van der Waals surface area contributed by atoms with Crippen molar-refractivity contribution in [2.75, 3.05) is 0 Å². The second kappa shape index (κ2) is 4.02. The van der Waals surface area contributed by atoms with Gasteiger partial charge in [0.1, 0.15) is 0 Å². The predicted molar refractivity (Wildman–Crippen MR) is 49.0 cm³/mol. The first-order valence-electron chi connectivity index (χ1n) is 4.04. The van der Waals surface area contributed by atoms with Crippen LogP contribution in [0.1, 0.15) is 28.9 Å². The molecule has 0 saturated carbocycles. The zero-order chi connectivity index (χ0) is 10.7. The monoisotopic (exact) mass is 194 g/mol. The summed E-state index contributed by atoms with van der Waals surface area (Å²) in [7, 11) is 0. The minimum atomic E-state index is -1.64. The maximum absolute atomic E-state index is 11.1. The molecular formula is C10H10O4. The minimum absolute atomic E-state index is 0.132. The average molecular weight is 194 g/mol. The van der Waals surface area contributed by atoms with Crippen LogP contribution in [0.25, 0.3) is 0 Å². The number of carboxylic acid groups (broad SMARTS) is 1. The van der Waals surface area contributed by atoms with Gasteiger partial charge in [-0.25, -0.2) is 4.79 Å². The maximum Gasteiger partial charge on any atom is 0.337 e. The highest BCUT2D eigenvalue weighted by Crippen LogP contribution is 2.18. The Kier molecular flexibility index (Phi) is 2.99. The van der Waals surface area contributed by atoms with Gasteiger partial charge in [-0.15, -0.1) is 0 Å². The van der Waals surface area contributed by atoms with Crippen LogP contribution in [0.5, 0.6) is 0 Å². The molecule has 0 aliphatic heterocycles.